The molecule has 0 unspecified atom stereocenters. The Balaban J connectivity index is 1.75. The zero-order valence-corrected chi connectivity index (χ0v) is 14.0. The molecule has 1 aliphatic heterocycles. The van der Waals surface area contributed by atoms with Gasteiger partial charge in [-0.05, 0) is 63.9 Å². The summed E-state index contributed by atoms with van der Waals surface area (Å²) < 4.78 is 5.80. The average molecular weight is 304 g/mol. The number of amides is 1. The second kappa shape index (κ2) is 8.18. The fraction of sp³-hybridized carbons (Fsp3) is 0.611. The quantitative estimate of drug-likeness (QED) is 0.878. The SMILES string of the molecule is Cc1ccc(C)c(O[C@@H](C)C(=O)NCCN2CCCCC2)c1. The fourth-order valence-electron chi connectivity index (χ4n) is 2.74. The molecule has 0 bridgehead atoms. The summed E-state index contributed by atoms with van der Waals surface area (Å²) in [6.07, 6.45) is 3.42. The molecule has 0 saturated carbocycles. The van der Waals surface area contributed by atoms with Gasteiger partial charge in [-0.3, -0.25) is 4.79 Å². The van der Waals surface area contributed by atoms with E-state index < -0.39 is 6.10 Å². The second-order valence-corrected chi connectivity index (χ2v) is 6.22. The van der Waals surface area contributed by atoms with Crippen molar-refractivity contribution in [3.8, 4) is 5.75 Å². The van der Waals surface area contributed by atoms with E-state index in [0.29, 0.717) is 6.54 Å². The number of carbonyl (C=O) groups is 1. The third-order valence-corrected chi connectivity index (χ3v) is 4.19. The van der Waals surface area contributed by atoms with Crippen LogP contribution in [0.2, 0.25) is 0 Å². The Hall–Kier alpha value is -1.55. The number of carbonyl (C=O) groups excluding carboxylic acids is 1. The Kier molecular flexibility index (Phi) is 6.25. The molecule has 1 aromatic rings. The second-order valence-electron chi connectivity index (χ2n) is 6.22. The minimum atomic E-state index is -0.471. The van der Waals surface area contributed by atoms with E-state index in [1.807, 2.05) is 32.0 Å². The van der Waals surface area contributed by atoms with Gasteiger partial charge in [-0.2, -0.15) is 0 Å². The molecule has 1 N–H and O–H groups in total. The van der Waals surface area contributed by atoms with E-state index in [1.165, 1.54) is 19.3 Å². The van der Waals surface area contributed by atoms with Gasteiger partial charge in [0.15, 0.2) is 6.10 Å². The van der Waals surface area contributed by atoms with Gasteiger partial charge in [-0.15, -0.1) is 0 Å². The maximum absolute atomic E-state index is 12.1. The molecule has 0 radical (unpaired) electrons. The predicted molar refractivity (Wildman–Crippen MR) is 89.3 cm³/mol. The average Bonchev–Trinajstić information content (AvgIpc) is 2.52. The summed E-state index contributed by atoms with van der Waals surface area (Å²) in [6.45, 7) is 9.76. The van der Waals surface area contributed by atoms with Crippen molar-refractivity contribution >= 4 is 5.91 Å². The predicted octanol–water partition coefficient (Wildman–Crippen LogP) is 2.67. The molecule has 1 atom stereocenters. The molecule has 4 heteroatoms. The maximum atomic E-state index is 12.1. The Morgan fingerprint density at radius 3 is 2.73 bits per heavy atom. The van der Waals surface area contributed by atoms with Crippen LogP contribution in [0.15, 0.2) is 18.2 Å². The standard InChI is InChI=1S/C18H28N2O2/c1-14-7-8-15(2)17(13-14)22-16(3)18(21)19-9-12-20-10-5-4-6-11-20/h7-8,13,16H,4-6,9-12H2,1-3H3,(H,19,21)/t16-/m0/s1. The Morgan fingerprint density at radius 2 is 2.00 bits per heavy atom. The minimum absolute atomic E-state index is 0.0436. The first-order chi connectivity index (χ1) is 10.6. The van der Waals surface area contributed by atoms with Crippen LogP contribution in [-0.4, -0.2) is 43.1 Å². The van der Waals surface area contributed by atoms with E-state index in [-0.39, 0.29) is 5.91 Å². The molecule has 1 aromatic carbocycles. The molecule has 122 valence electrons. The third-order valence-electron chi connectivity index (χ3n) is 4.19. The summed E-state index contributed by atoms with van der Waals surface area (Å²) in [5, 5.41) is 2.98. The number of rotatable bonds is 6. The van der Waals surface area contributed by atoms with Crippen molar-refractivity contribution in [3.63, 3.8) is 0 Å². The first kappa shape index (κ1) is 16.8. The summed E-state index contributed by atoms with van der Waals surface area (Å²) in [4.78, 5) is 14.5. The Bertz CT molecular complexity index is 496. The van der Waals surface area contributed by atoms with Gasteiger partial charge in [0.25, 0.3) is 5.91 Å². The number of ether oxygens (including phenoxy) is 1. The number of hydrogen-bond acceptors (Lipinski definition) is 3. The van der Waals surface area contributed by atoms with Crippen molar-refractivity contribution < 1.29 is 9.53 Å². The van der Waals surface area contributed by atoms with Gasteiger partial charge in [0.1, 0.15) is 5.75 Å². The summed E-state index contributed by atoms with van der Waals surface area (Å²) in [7, 11) is 0. The largest absolute Gasteiger partial charge is 0.481 e. The van der Waals surface area contributed by atoms with E-state index in [9.17, 15) is 4.79 Å². The number of hydrogen-bond donors (Lipinski definition) is 1. The molecule has 0 aliphatic carbocycles. The van der Waals surface area contributed by atoms with Crippen LogP contribution in [0.25, 0.3) is 0 Å². The highest BCUT2D eigenvalue weighted by Crippen LogP contribution is 2.20. The number of likely N-dealkylation sites (tertiary alicyclic amines) is 1. The van der Waals surface area contributed by atoms with Crippen molar-refractivity contribution in [1.82, 2.24) is 10.2 Å². The van der Waals surface area contributed by atoms with Gasteiger partial charge in [0, 0.05) is 13.1 Å². The minimum Gasteiger partial charge on any atom is -0.481 e. The van der Waals surface area contributed by atoms with Gasteiger partial charge in [0.2, 0.25) is 0 Å². The molecular formula is C18H28N2O2. The van der Waals surface area contributed by atoms with Crippen molar-refractivity contribution in [1.29, 1.82) is 0 Å². The molecule has 0 aromatic heterocycles. The number of nitrogens with zero attached hydrogens (tertiary/aromatic N) is 1. The lowest BCUT2D eigenvalue weighted by Gasteiger charge is -2.26. The lowest BCUT2D eigenvalue weighted by molar-refractivity contribution is -0.127. The topological polar surface area (TPSA) is 41.6 Å². The van der Waals surface area contributed by atoms with Gasteiger partial charge < -0.3 is 15.0 Å². The van der Waals surface area contributed by atoms with Crippen LogP contribution in [0.5, 0.6) is 5.75 Å². The van der Waals surface area contributed by atoms with Gasteiger partial charge in [-0.1, -0.05) is 18.6 Å². The highest BCUT2D eigenvalue weighted by Gasteiger charge is 2.16. The molecule has 22 heavy (non-hydrogen) atoms. The van der Waals surface area contributed by atoms with Crippen LogP contribution in [-0.2, 0) is 4.79 Å². The Morgan fingerprint density at radius 1 is 1.27 bits per heavy atom. The number of aryl methyl sites for hydroxylation is 2. The van der Waals surface area contributed by atoms with Crippen LogP contribution >= 0.6 is 0 Å². The molecule has 1 fully saturated rings. The van der Waals surface area contributed by atoms with Crippen molar-refractivity contribution in [2.75, 3.05) is 26.2 Å². The fourth-order valence-corrected chi connectivity index (χ4v) is 2.74. The molecule has 1 saturated heterocycles. The van der Waals surface area contributed by atoms with Gasteiger partial charge >= 0.3 is 0 Å². The molecule has 0 spiro atoms. The zero-order valence-electron chi connectivity index (χ0n) is 14.0. The molecule has 1 heterocycles. The zero-order chi connectivity index (χ0) is 15.9. The van der Waals surface area contributed by atoms with E-state index in [2.05, 4.69) is 10.2 Å². The normalized spacial score (nSPS) is 17.0. The molecule has 4 nitrogen and oxygen atoms in total. The highest BCUT2D eigenvalue weighted by molar-refractivity contribution is 5.80. The third kappa shape index (κ3) is 5.02. The number of piperidine rings is 1. The summed E-state index contributed by atoms with van der Waals surface area (Å²) >= 11 is 0. The number of nitrogens with one attached hydrogen (secondary N) is 1. The van der Waals surface area contributed by atoms with Crippen LogP contribution < -0.4 is 10.1 Å². The Labute approximate surface area is 133 Å². The van der Waals surface area contributed by atoms with Gasteiger partial charge in [0.05, 0.1) is 0 Å². The summed E-state index contributed by atoms with van der Waals surface area (Å²) in [6, 6.07) is 6.05. The smallest absolute Gasteiger partial charge is 0.260 e. The van der Waals surface area contributed by atoms with Crippen LogP contribution in [0.3, 0.4) is 0 Å². The van der Waals surface area contributed by atoms with Crippen LogP contribution in [0.1, 0.15) is 37.3 Å². The monoisotopic (exact) mass is 304 g/mol. The van der Waals surface area contributed by atoms with Crippen LogP contribution in [0, 0.1) is 13.8 Å². The van der Waals surface area contributed by atoms with Crippen molar-refractivity contribution in [2.45, 2.75) is 46.1 Å². The van der Waals surface area contributed by atoms with Gasteiger partial charge in [-0.25, -0.2) is 0 Å². The van der Waals surface area contributed by atoms with Crippen molar-refractivity contribution in [3.05, 3.63) is 29.3 Å². The van der Waals surface area contributed by atoms with E-state index in [1.54, 1.807) is 6.92 Å². The summed E-state index contributed by atoms with van der Waals surface area (Å²) in [5.74, 6) is 0.747. The maximum Gasteiger partial charge on any atom is 0.260 e. The van der Waals surface area contributed by atoms with E-state index in [4.69, 9.17) is 4.74 Å². The lowest BCUT2D eigenvalue weighted by Crippen LogP contribution is -2.42. The molecule has 2 rings (SSSR count). The van der Waals surface area contributed by atoms with Crippen molar-refractivity contribution in [2.24, 2.45) is 0 Å². The number of benzene rings is 1. The lowest BCUT2D eigenvalue weighted by atomic mass is 10.1. The highest BCUT2D eigenvalue weighted by atomic mass is 16.5. The molecular weight excluding hydrogens is 276 g/mol. The molecule has 1 aliphatic rings. The van der Waals surface area contributed by atoms with E-state index >= 15 is 0 Å². The van der Waals surface area contributed by atoms with Crippen LogP contribution in [0.4, 0.5) is 0 Å². The summed E-state index contributed by atoms with van der Waals surface area (Å²) in [5.41, 5.74) is 2.19. The first-order valence-corrected chi connectivity index (χ1v) is 8.30. The first-order valence-electron chi connectivity index (χ1n) is 8.30. The molecule has 1 amide bonds. The van der Waals surface area contributed by atoms with E-state index in [0.717, 1.165) is 36.5 Å².